The Morgan fingerprint density at radius 3 is 2.83 bits per heavy atom. The quantitative estimate of drug-likeness (QED) is 0.888. The molecule has 1 aliphatic carbocycles. The Balaban J connectivity index is 1.59. The Morgan fingerprint density at radius 1 is 1.46 bits per heavy atom. The molecule has 2 fully saturated rings. The average molecular weight is 326 g/mol. The predicted octanol–water partition coefficient (Wildman–Crippen LogP) is 0.672. The molecule has 8 nitrogen and oxygen atoms in total. The number of pyridine rings is 1. The molecule has 2 aromatic rings. The first-order valence-corrected chi connectivity index (χ1v) is 7.95. The Kier molecular flexibility index (Phi) is 3.16. The maximum Gasteiger partial charge on any atom is 0.270 e. The van der Waals surface area contributed by atoms with E-state index in [0.29, 0.717) is 11.7 Å². The van der Waals surface area contributed by atoms with Crippen LogP contribution in [0.5, 0.6) is 0 Å². The molecule has 2 N–H and O–H groups in total. The van der Waals surface area contributed by atoms with Crippen LogP contribution in [0.4, 0.5) is 5.82 Å². The van der Waals surface area contributed by atoms with E-state index >= 15 is 0 Å². The maximum absolute atomic E-state index is 12.2. The SMILES string of the molecule is Cc1cc(N2C[C@H]3C[C@H]3C2=O)ncc1[C@H](C)n1cc(C(N)=O)nn1. The van der Waals surface area contributed by atoms with Crippen molar-refractivity contribution in [1.29, 1.82) is 0 Å². The van der Waals surface area contributed by atoms with Crippen molar-refractivity contribution in [3.05, 3.63) is 35.3 Å². The lowest BCUT2D eigenvalue weighted by molar-refractivity contribution is -0.118. The van der Waals surface area contributed by atoms with Gasteiger partial charge < -0.3 is 5.73 Å². The number of carbonyl (C=O) groups is 2. The van der Waals surface area contributed by atoms with Crippen molar-refractivity contribution in [3.63, 3.8) is 0 Å². The topological polar surface area (TPSA) is 107 Å². The van der Waals surface area contributed by atoms with E-state index in [-0.39, 0.29) is 23.6 Å². The van der Waals surface area contributed by atoms with Gasteiger partial charge in [-0.1, -0.05) is 5.21 Å². The van der Waals surface area contributed by atoms with Crippen molar-refractivity contribution in [1.82, 2.24) is 20.0 Å². The van der Waals surface area contributed by atoms with Gasteiger partial charge >= 0.3 is 0 Å². The van der Waals surface area contributed by atoms with Gasteiger partial charge in [-0.3, -0.25) is 14.5 Å². The highest BCUT2D eigenvalue weighted by molar-refractivity contribution is 5.99. The van der Waals surface area contributed by atoms with Gasteiger partial charge in [0.15, 0.2) is 5.69 Å². The second-order valence-corrected chi connectivity index (χ2v) is 6.57. The largest absolute Gasteiger partial charge is 0.364 e. The third-order valence-electron chi connectivity index (χ3n) is 4.95. The number of anilines is 1. The summed E-state index contributed by atoms with van der Waals surface area (Å²) in [5.41, 5.74) is 7.31. The highest BCUT2D eigenvalue weighted by Gasteiger charge is 2.52. The summed E-state index contributed by atoms with van der Waals surface area (Å²) < 4.78 is 1.58. The summed E-state index contributed by atoms with van der Waals surface area (Å²) in [7, 11) is 0. The van der Waals surface area contributed by atoms with Crippen LogP contribution in [-0.2, 0) is 4.79 Å². The number of nitrogens with zero attached hydrogens (tertiary/aromatic N) is 5. The third kappa shape index (κ3) is 2.26. The van der Waals surface area contributed by atoms with E-state index in [0.717, 1.165) is 24.1 Å². The molecule has 24 heavy (non-hydrogen) atoms. The molecule has 1 saturated carbocycles. The van der Waals surface area contributed by atoms with Crippen LogP contribution in [0, 0.1) is 18.8 Å². The first-order valence-electron chi connectivity index (χ1n) is 7.95. The number of aromatic nitrogens is 4. The molecule has 0 bridgehead atoms. The number of primary amides is 1. The minimum absolute atomic E-state index is 0.131. The van der Waals surface area contributed by atoms with Crippen LogP contribution in [0.1, 0.15) is 41.0 Å². The fourth-order valence-electron chi connectivity index (χ4n) is 3.34. The summed E-state index contributed by atoms with van der Waals surface area (Å²) in [5, 5.41) is 7.72. The van der Waals surface area contributed by atoms with E-state index in [9.17, 15) is 9.59 Å². The highest BCUT2D eigenvalue weighted by Crippen LogP contribution is 2.47. The van der Waals surface area contributed by atoms with Gasteiger partial charge in [0.05, 0.1) is 12.2 Å². The molecule has 124 valence electrons. The summed E-state index contributed by atoms with van der Waals surface area (Å²) in [6.07, 6.45) is 4.31. The van der Waals surface area contributed by atoms with Gasteiger partial charge in [-0.05, 0) is 43.4 Å². The zero-order valence-electron chi connectivity index (χ0n) is 13.5. The maximum atomic E-state index is 12.2. The van der Waals surface area contributed by atoms with Crippen molar-refractivity contribution in [2.75, 3.05) is 11.4 Å². The lowest BCUT2D eigenvalue weighted by atomic mass is 10.1. The molecular weight excluding hydrogens is 308 g/mol. The second kappa shape index (κ2) is 5.12. The van der Waals surface area contributed by atoms with Crippen LogP contribution in [-0.4, -0.2) is 38.3 Å². The van der Waals surface area contributed by atoms with Crippen molar-refractivity contribution < 1.29 is 9.59 Å². The van der Waals surface area contributed by atoms with E-state index in [1.165, 1.54) is 6.20 Å². The molecule has 0 unspecified atom stereocenters. The smallest absolute Gasteiger partial charge is 0.270 e. The van der Waals surface area contributed by atoms with Gasteiger partial charge in [-0.15, -0.1) is 5.10 Å². The molecule has 1 aliphatic heterocycles. The van der Waals surface area contributed by atoms with Crippen molar-refractivity contribution in [2.45, 2.75) is 26.3 Å². The summed E-state index contributed by atoms with van der Waals surface area (Å²) in [5.74, 6) is 1.02. The van der Waals surface area contributed by atoms with Gasteiger partial charge in [0.2, 0.25) is 5.91 Å². The lowest BCUT2D eigenvalue weighted by Gasteiger charge is -2.20. The zero-order valence-corrected chi connectivity index (χ0v) is 13.5. The molecule has 0 radical (unpaired) electrons. The minimum Gasteiger partial charge on any atom is -0.364 e. The monoisotopic (exact) mass is 326 g/mol. The number of hydrogen-bond donors (Lipinski definition) is 1. The van der Waals surface area contributed by atoms with Crippen LogP contribution >= 0.6 is 0 Å². The number of aryl methyl sites for hydroxylation is 1. The number of nitrogens with two attached hydrogens (primary N) is 1. The molecule has 3 heterocycles. The number of hydrogen-bond acceptors (Lipinski definition) is 5. The Hall–Kier alpha value is -2.77. The second-order valence-electron chi connectivity index (χ2n) is 6.57. The van der Waals surface area contributed by atoms with E-state index in [1.807, 2.05) is 19.9 Å². The first-order chi connectivity index (χ1) is 11.5. The van der Waals surface area contributed by atoms with Crippen molar-refractivity contribution in [3.8, 4) is 0 Å². The minimum atomic E-state index is -0.607. The molecule has 0 aromatic carbocycles. The van der Waals surface area contributed by atoms with Gasteiger partial charge in [-0.25, -0.2) is 9.67 Å². The Morgan fingerprint density at radius 2 is 2.25 bits per heavy atom. The number of amides is 2. The van der Waals surface area contributed by atoms with Crippen LogP contribution in [0.25, 0.3) is 0 Å². The molecule has 0 spiro atoms. The Bertz CT molecular complexity index is 845. The van der Waals surface area contributed by atoms with E-state index in [4.69, 9.17) is 5.73 Å². The van der Waals surface area contributed by atoms with Crippen molar-refractivity contribution >= 4 is 17.6 Å². The first kappa shape index (κ1) is 14.8. The van der Waals surface area contributed by atoms with Gasteiger partial charge in [-0.2, -0.15) is 0 Å². The summed E-state index contributed by atoms with van der Waals surface area (Å²) in [6.45, 7) is 4.69. The van der Waals surface area contributed by atoms with Crippen molar-refractivity contribution in [2.24, 2.45) is 17.6 Å². The standard InChI is InChI=1S/C16H18N6O2/c1-8-3-14(21-6-10-4-11(10)16(21)24)18-5-12(8)9(2)22-7-13(15(17)23)19-20-22/h3,5,7,9-11H,4,6H2,1-2H3,(H2,17,23)/t9-,10+,11+/m0/s1. The highest BCUT2D eigenvalue weighted by atomic mass is 16.2. The van der Waals surface area contributed by atoms with E-state index in [2.05, 4.69) is 15.3 Å². The predicted molar refractivity (Wildman–Crippen MR) is 85.3 cm³/mol. The van der Waals surface area contributed by atoms with E-state index in [1.54, 1.807) is 15.8 Å². The molecule has 2 aliphatic rings. The molecule has 1 saturated heterocycles. The van der Waals surface area contributed by atoms with Gasteiger partial charge in [0, 0.05) is 18.7 Å². The molecule has 2 amide bonds. The third-order valence-corrected chi connectivity index (χ3v) is 4.95. The normalized spacial score (nSPS) is 23.2. The number of rotatable bonds is 4. The molecule has 4 rings (SSSR count). The average Bonchev–Trinajstić information content (AvgIpc) is 3.01. The van der Waals surface area contributed by atoms with Crippen LogP contribution in [0.15, 0.2) is 18.5 Å². The van der Waals surface area contributed by atoms with Crippen LogP contribution in [0.3, 0.4) is 0 Å². The van der Waals surface area contributed by atoms with Gasteiger partial charge in [0.1, 0.15) is 5.82 Å². The van der Waals surface area contributed by atoms with E-state index < -0.39 is 5.91 Å². The van der Waals surface area contributed by atoms with Gasteiger partial charge in [0.25, 0.3) is 5.91 Å². The molecular formula is C16H18N6O2. The zero-order chi connectivity index (χ0) is 17.0. The van der Waals surface area contributed by atoms with Crippen LogP contribution < -0.4 is 10.6 Å². The van der Waals surface area contributed by atoms with Crippen LogP contribution in [0.2, 0.25) is 0 Å². The molecule has 2 aromatic heterocycles. The summed E-state index contributed by atoms with van der Waals surface area (Å²) in [6, 6.07) is 1.79. The number of fused-ring (bicyclic) bond motifs is 1. The lowest BCUT2D eigenvalue weighted by Crippen LogP contribution is -2.29. The molecule has 3 atom stereocenters. The molecule has 8 heteroatoms. The fourth-order valence-corrected chi connectivity index (χ4v) is 3.34. The number of carbonyl (C=O) groups excluding carboxylic acids is 2. The Labute approximate surface area is 138 Å². The summed E-state index contributed by atoms with van der Waals surface area (Å²) >= 11 is 0. The number of piperidine rings is 1. The fraction of sp³-hybridized carbons (Fsp3) is 0.438. The summed E-state index contributed by atoms with van der Waals surface area (Å²) in [4.78, 5) is 29.6.